The van der Waals surface area contributed by atoms with E-state index in [1.165, 1.54) is 6.42 Å². The van der Waals surface area contributed by atoms with E-state index in [4.69, 9.17) is 33.2 Å². The molecule has 1 aliphatic heterocycles. The molecule has 1 saturated heterocycles. The summed E-state index contributed by atoms with van der Waals surface area (Å²) in [7, 11) is 0. The third-order valence-corrected chi connectivity index (χ3v) is 6.23. The molecule has 3 atom stereocenters. The van der Waals surface area contributed by atoms with Crippen molar-refractivity contribution in [3.8, 4) is 12.3 Å². The van der Waals surface area contributed by atoms with Crippen molar-refractivity contribution in [2.45, 2.75) is 62.9 Å². The van der Waals surface area contributed by atoms with Crippen LogP contribution in [0.1, 0.15) is 51.2 Å². The van der Waals surface area contributed by atoms with E-state index in [9.17, 15) is 9.90 Å². The number of ether oxygens (including phenoxy) is 2. The minimum Gasteiger partial charge on any atom is -0.461 e. The van der Waals surface area contributed by atoms with Gasteiger partial charge >= 0.3 is 5.97 Å². The zero-order chi connectivity index (χ0) is 21.3. The molecule has 0 radical (unpaired) electrons. The number of terminal acetylenes is 1. The number of rotatable bonds is 5. The number of aliphatic hydroxyl groups excluding tert-OH is 1. The first-order chi connectivity index (χ1) is 14.4. The number of aromatic nitrogens is 3. The molecule has 0 amide bonds. The Morgan fingerprint density at radius 3 is 2.93 bits per heavy atom. The second kappa shape index (κ2) is 8.42. The average Bonchev–Trinajstić information content (AvgIpc) is 3.29. The van der Waals surface area contributed by atoms with Crippen LogP contribution in [0.3, 0.4) is 0 Å². The molecule has 2 aromatic rings. The summed E-state index contributed by atoms with van der Waals surface area (Å²) in [6, 6.07) is 1.75. The number of nitrogens with zero attached hydrogens (tertiary/aromatic N) is 3. The van der Waals surface area contributed by atoms with E-state index in [1.807, 2.05) is 0 Å². The predicted octanol–water partition coefficient (Wildman–Crippen LogP) is 2.83. The van der Waals surface area contributed by atoms with Crippen molar-refractivity contribution in [3.05, 3.63) is 17.5 Å². The molecule has 2 aliphatic rings. The lowest BCUT2D eigenvalue weighted by Crippen LogP contribution is -2.43. The fraction of sp³-hybridized carbons (Fsp3) is 0.571. The molecular formula is C21H25ClN4O4. The van der Waals surface area contributed by atoms with Gasteiger partial charge in [0.2, 0.25) is 5.28 Å². The van der Waals surface area contributed by atoms with Gasteiger partial charge in [-0.15, -0.1) is 6.42 Å². The van der Waals surface area contributed by atoms with Crippen molar-refractivity contribution in [2.24, 2.45) is 5.92 Å². The average molecular weight is 433 g/mol. The molecule has 8 nitrogen and oxygen atoms in total. The van der Waals surface area contributed by atoms with Crippen LogP contribution in [-0.2, 0) is 14.3 Å². The molecule has 1 aliphatic carbocycles. The molecule has 9 heteroatoms. The van der Waals surface area contributed by atoms with E-state index < -0.39 is 17.9 Å². The van der Waals surface area contributed by atoms with Crippen LogP contribution in [0.4, 0.5) is 5.82 Å². The van der Waals surface area contributed by atoms with E-state index >= 15 is 0 Å². The van der Waals surface area contributed by atoms with Crippen LogP contribution in [0.2, 0.25) is 5.28 Å². The molecule has 0 unspecified atom stereocenters. The highest BCUT2D eigenvalue weighted by Gasteiger charge is 2.49. The Balaban J connectivity index is 1.46. The van der Waals surface area contributed by atoms with Gasteiger partial charge in [0, 0.05) is 19.0 Å². The lowest BCUT2D eigenvalue weighted by atomic mass is 9.87. The van der Waals surface area contributed by atoms with Crippen molar-refractivity contribution in [1.29, 1.82) is 0 Å². The highest BCUT2D eigenvalue weighted by atomic mass is 35.5. The van der Waals surface area contributed by atoms with Gasteiger partial charge in [0.25, 0.3) is 0 Å². The number of carbonyl (C=O) groups excluding carboxylic acids is 1. The molecule has 3 heterocycles. The summed E-state index contributed by atoms with van der Waals surface area (Å²) in [6.07, 6.45) is 12.0. The second-order valence-electron chi connectivity index (χ2n) is 8.06. The fourth-order valence-electron chi connectivity index (χ4n) is 4.36. The SMILES string of the molecule is C#C[C@]1(COC(=O)CC2CCCCC2)O[C@@H](n2ccc3c(N)nc(Cl)nc32)C[C@@H]1O. The Morgan fingerprint density at radius 2 is 2.20 bits per heavy atom. The summed E-state index contributed by atoms with van der Waals surface area (Å²) in [5, 5.41) is 11.3. The van der Waals surface area contributed by atoms with Crippen LogP contribution in [0, 0.1) is 18.3 Å². The van der Waals surface area contributed by atoms with Crippen molar-refractivity contribution < 1.29 is 19.4 Å². The van der Waals surface area contributed by atoms with Gasteiger partial charge in [-0.05, 0) is 36.4 Å². The Bertz CT molecular complexity index is 981. The zero-order valence-electron chi connectivity index (χ0n) is 16.6. The third-order valence-electron chi connectivity index (χ3n) is 6.07. The minimum absolute atomic E-state index is 0.0124. The van der Waals surface area contributed by atoms with Gasteiger partial charge in [-0.1, -0.05) is 25.2 Å². The lowest BCUT2D eigenvalue weighted by molar-refractivity contribution is -0.157. The molecule has 2 fully saturated rings. The highest BCUT2D eigenvalue weighted by Crippen LogP contribution is 2.39. The second-order valence-corrected chi connectivity index (χ2v) is 8.40. The van der Waals surface area contributed by atoms with Gasteiger partial charge in [0.15, 0.2) is 5.60 Å². The summed E-state index contributed by atoms with van der Waals surface area (Å²) < 4.78 is 13.2. The number of carbonyl (C=O) groups is 1. The van der Waals surface area contributed by atoms with Crippen LogP contribution >= 0.6 is 11.6 Å². The normalized spacial score (nSPS) is 27.2. The Kier molecular flexibility index (Phi) is 5.87. The Morgan fingerprint density at radius 1 is 1.43 bits per heavy atom. The van der Waals surface area contributed by atoms with Crippen LogP contribution in [-0.4, -0.2) is 43.9 Å². The maximum atomic E-state index is 12.3. The Labute approximate surface area is 179 Å². The van der Waals surface area contributed by atoms with Crippen molar-refractivity contribution >= 4 is 34.4 Å². The quantitative estimate of drug-likeness (QED) is 0.424. The fourth-order valence-corrected chi connectivity index (χ4v) is 4.53. The summed E-state index contributed by atoms with van der Waals surface area (Å²) in [4.78, 5) is 20.5. The van der Waals surface area contributed by atoms with E-state index in [0.29, 0.717) is 23.4 Å². The van der Waals surface area contributed by atoms with E-state index in [0.717, 1.165) is 25.7 Å². The van der Waals surface area contributed by atoms with Crippen molar-refractivity contribution in [1.82, 2.24) is 14.5 Å². The lowest BCUT2D eigenvalue weighted by Gasteiger charge is -2.27. The number of aliphatic hydroxyl groups is 1. The summed E-state index contributed by atoms with van der Waals surface area (Å²) in [5.41, 5.74) is 4.96. The van der Waals surface area contributed by atoms with E-state index in [1.54, 1.807) is 16.8 Å². The first-order valence-corrected chi connectivity index (χ1v) is 10.6. The molecule has 0 bridgehead atoms. The predicted molar refractivity (Wildman–Crippen MR) is 111 cm³/mol. The number of fused-ring (bicyclic) bond motifs is 1. The van der Waals surface area contributed by atoms with Gasteiger partial charge in [0.1, 0.15) is 30.4 Å². The molecule has 0 aromatic carbocycles. The standard InChI is InChI=1S/C21H25ClN4O4/c1-2-21(12-29-17(28)10-13-6-4-3-5-7-13)15(27)11-16(30-21)26-9-8-14-18(23)24-20(22)25-19(14)26/h1,8-9,13,15-16,27H,3-7,10-12H2,(H2,23,24,25)/t15-,16+,21+/m0/s1. The molecule has 1 saturated carbocycles. The molecule has 2 aromatic heterocycles. The van der Waals surface area contributed by atoms with Crippen molar-refractivity contribution in [2.75, 3.05) is 12.3 Å². The Hall–Kier alpha value is -2.34. The van der Waals surface area contributed by atoms with Crippen LogP contribution < -0.4 is 5.73 Å². The van der Waals surface area contributed by atoms with Gasteiger partial charge in [-0.25, -0.2) is 4.98 Å². The topological polar surface area (TPSA) is 112 Å². The first kappa shape index (κ1) is 20.9. The monoisotopic (exact) mass is 432 g/mol. The van der Waals surface area contributed by atoms with Crippen LogP contribution in [0.15, 0.2) is 12.3 Å². The summed E-state index contributed by atoms with van der Waals surface area (Å²) in [6.45, 7) is -0.205. The van der Waals surface area contributed by atoms with E-state index in [2.05, 4.69) is 15.9 Å². The molecule has 160 valence electrons. The number of esters is 1. The molecule has 30 heavy (non-hydrogen) atoms. The number of anilines is 1. The molecule has 0 spiro atoms. The summed E-state index contributed by atoms with van der Waals surface area (Å²) in [5.74, 6) is 2.80. The van der Waals surface area contributed by atoms with Crippen LogP contribution in [0.5, 0.6) is 0 Å². The van der Waals surface area contributed by atoms with Crippen LogP contribution in [0.25, 0.3) is 11.0 Å². The smallest absolute Gasteiger partial charge is 0.306 e. The van der Waals surface area contributed by atoms with Gasteiger partial charge in [0.05, 0.1) is 5.39 Å². The van der Waals surface area contributed by atoms with Gasteiger partial charge in [-0.3, -0.25) is 4.79 Å². The maximum Gasteiger partial charge on any atom is 0.306 e. The van der Waals surface area contributed by atoms with Gasteiger partial charge < -0.3 is 24.9 Å². The number of hydrogen-bond acceptors (Lipinski definition) is 7. The minimum atomic E-state index is -1.42. The van der Waals surface area contributed by atoms with Gasteiger partial charge in [-0.2, -0.15) is 4.98 Å². The first-order valence-electron chi connectivity index (χ1n) is 10.2. The number of hydrogen-bond donors (Lipinski definition) is 2. The molecular weight excluding hydrogens is 408 g/mol. The number of halogens is 1. The zero-order valence-corrected chi connectivity index (χ0v) is 17.3. The maximum absolute atomic E-state index is 12.3. The number of nitrogen functional groups attached to an aromatic ring is 1. The highest BCUT2D eigenvalue weighted by molar-refractivity contribution is 6.28. The molecule has 4 rings (SSSR count). The third kappa shape index (κ3) is 3.97. The van der Waals surface area contributed by atoms with E-state index in [-0.39, 0.29) is 30.1 Å². The largest absolute Gasteiger partial charge is 0.461 e. The number of nitrogens with two attached hydrogens (primary N) is 1. The molecule has 3 N–H and O–H groups in total. The van der Waals surface area contributed by atoms with Crippen molar-refractivity contribution in [3.63, 3.8) is 0 Å². The summed E-state index contributed by atoms with van der Waals surface area (Å²) >= 11 is 5.94.